The monoisotopic (exact) mass is 470 g/mol. The number of ether oxygens (including phenoxy) is 1. The fraction of sp³-hybridized carbons (Fsp3) is 0.125. The van der Waals surface area contributed by atoms with Crippen LogP contribution in [-0.2, 0) is 9.53 Å². The van der Waals surface area contributed by atoms with Crippen LogP contribution in [0.3, 0.4) is 0 Å². The lowest BCUT2D eigenvalue weighted by Crippen LogP contribution is -2.21. The molecule has 130 valence electrons. The van der Waals surface area contributed by atoms with E-state index in [0.717, 1.165) is 5.56 Å². The Bertz CT molecular complexity index is 814. The van der Waals surface area contributed by atoms with E-state index in [1.165, 1.54) is 12.1 Å². The first-order valence-corrected chi connectivity index (χ1v) is 8.53. The van der Waals surface area contributed by atoms with Gasteiger partial charge in [0.25, 0.3) is 11.6 Å². The molecular formula is C16H12Br2N2O5. The zero-order valence-corrected chi connectivity index (χ0v) is 16.1. The first kappa shape index (κ1) is 19.1. The number of rotatable bonds is 5. The van der Waals surface area contributed by atoms with Gasteiger partial charge >= 0.3 is 5.97 Å². The molecule has 0 saturated heterocycles. The molecule has 0 spiro atoms. The summed E-state index contributed by atoms with van der Waals surface area (Å²) in [5.74, 6) is -1.19. The normalized spacial score (nSPS) is 10.2. The summed E-state index contributed by atoms with van der Waals surface area (Å²) in [6.45, 7) is 1.41. The molecule has 2 aromatic rings. The first-order valence-electron chi connectivity index (χ1n) is 6.95. The number of esters is 1. The molecule has 0 aliphatic heterocycles. The Morgan fingerprint density at radius 2 is 1.72 bits per heavy atom. The maximum atomic E-state index is 12.0. The van der Waals surface area contributed by atoms with Gasteiger partial charge in [0, 0.05) is 21.1 Å². The third-order valence-electron chi connectivity index (χ3n) is 3.12. The Morgan fingerprint density at radius 3 is 2.24 bits per heavy atom. The third-order valence-corrected chi connectivity index (χ3v) is 4.37. The van der Waals surface area contributed by atoms with Crippen LogP contribution in [-0.4, -0.2) is 23.4 Å². The lowest BCUT2D eigenvalue weighted by atomic mass is 10.1. The lowest BCUT2D eigenvalue weighted by Gasteiger charge is -2.10. The van der Waals surface area contributed by atoms with Crippen LogP contribution < -0.4 is 5.32 Å². The molecule has 2 rings (SSSR count). The number of nitrogens with zero attached hydrogens (tertiary/aromatic N) is 1. The smallest absolute Gasteiger partial charge is 0.338 e. The predicted octanol–water partition coefficient (Wildman–Crippen LogP) is 4.22. The first-order chi connectivity index (χ1) is 11.8. The predicted molar refractivity (Wildman–Crippen MR) is 98.6 cm³/mol. The molecule has 7 nitrogen and oxygen atoms in total. The number of carbonyl (C=O) groups is 2. The summed E-state index contributed by atoms with van der Waals surface area (Å²) < 4.78 is 5.61. The summed E-state index contributed by atoms with van der Waals surface area (Å²) in [6, 6.07) is 9.28. The van der Waals surface area contributed by atoms with Crippen molar-refractivity contribution in [2.45, 2.75) is 6.92 Å². The fourth-order valence-corrected chi connectivity index (χ4v) is 3.22. The van der Waals surface area contributed by atoms with Crippen molar-refractivity contribution in [1.29, 1.82) is 0 Å². The van der Waals surface area contributed by atoms with Crippen LogP contribution >= 0.6 is 31.9 Å². The van der Waals surface area contributed by atoms with Gasteiger partial charge in [-0.15, -0.1) is 0 Å². The van der Waals surface area contributed by atoms with Crippen LogP contribution in [0.2, 0.25) is 0 Å². The number of hydrogen-bond acceptors (Lipinski definition) is 5. The zero-order valence-electron chi connectivity index (χ0n) is 12.9. The van der Waals surface area contributed by atoms with E-state index in [1.807, 2.05) is 6.92 Å². The van der Waals surface area contributed by atoms with Gasteiger partial charge in [-0.3, -0.25) is 14.9 Å². The number of nitro benzene ring substituents is 1. The molecule has 0 radical (unpaired) electrons. The average molecular weight is 472 g/mol. The van der Waals surface area contributed by atoms with Crippen LogP contribution in [0.15, 0.2) is 45.3 Å². The van der Waals surface area contributed by atoms with Crippen molar-refractivity contribution in [3.8, 4) is 0 Å². The lowest BCUT2D eigenvalue weighted by molar-refractivity contribution is -0.385. The van der Waals surface area contributed by atoms with Gasteiger partial charge in [-0.1, -0.05) is 17.7 Å². The molecule has 2 aromatic carbocycles. The van der Waals surface area contributed by atoms with Gasteiger partial charge in [-0.25, -0.2) is 4.79 Å². The molecule has 0 aliphatic carbocycles. The van der Waals surface area contributed by atoms with Crippen LogP contribution in [0.1, 0.15) is 15.9 Å². The van der Waals surface area contributed by atoms with Crippen molar-refractivity contribution in [3.05, 3.63) is 66.6 Å². The highest BCUT2D eigenvalue weighted by Crippen LogP contribution is 2.35. The summed E-state index contributed by atoms with van der Waals surface area (Å²) in [4.78, 5) is 34.1. The van der Waals surface area contributed by atoms with Crippen LogP contribution in [0, 0.1) is 17.0 Å². The van der Waals surface area contributed by atoms with E-state index in [2.05, 4.69) is 37.2 Å². The summed E-state index contributed by atoms with van der Waals surface area (Å²) in [6.07, 6.45) is 0. The molecule has 0 saturated carbocycles. The number of aryl methyl sites for hydroxylation is 1. The molecule has 25 heavy (non-hydrogen) atoms. The summed E-state index contributed by atoms with van der Waals surface area (Å²) in [7, 11) is 0. The van der Waals surface area contributed by atoms with Crippen LogP contribution in [0.25, 0.3) is 0 Å². The molecule has 0 unspecified atom stereocenters. The van der Waals surface area contributed by atoms with Crippen molar-refractivity contribution in [2.75, 3.05) is 11.9 Å². The molecule has 1 amide bonds. The molecule has 9 heteroatoms. The van der Waals surface area contributed by atoms with E-state index in [0.29, 0.717) is 20.2 Å². The molecular weight excluding hydrogens is 460 g/mol. The van der Waals surface area contributed by atoms with Gasteiger partial charge in [0.15, 0.2) is 6.61 Å². The minimum atomic E-state index is -0.614. The molecule has 0 atom stereocenters. The summed E-state index contributed by atoms with van der Waals surface area (Å²) in [5.41, 5.74) is 1.52. The van der Waals surface area contributed by atoms with Gasteiger partial charge in [0.2, 0.25) is 0 Å². The number of non-ortho nitro benzene ring substituents is 1. The number of amides is 1. The van der Waals surface area contributed by atoms with Crippen molar-refractivity contribution < 1.29 is 19.2 Å². The van der Waals surface area contributed by atoms with Crippen molar-refractivity contribution in [2.24, 2.45) is 0 Å². The standard InChI is InChI=1S/C16H12Br2N2O5/c1-9-2-4-10(5-3-9)16(22)25-8-14(21)19-15-12(17)6-11(20(23)24)7-13(15)18/h2-7H,8H2,1H3,(H,19,21). The number of hydrogen-bond donors (Lipinski definition) is 1. The Morgan fingerprint density at radius 1 is 1.16 bits per heavy atom. The van der Waals surface area contributed by atoms with E-state index in [9.17, 15) is 19.7 Å². The molecule has 0 bridgehead atoms. The van der Waals surface area contributed by atoms with Gasteiger partial charge < -0.3 is 10.1 Å². The molecule has 0 aliphatic rings. The Labute approximate surface area is 159 Å². The largest absolute Gasteiger partial charge is 0.452 e. The van der Waals surface area contributed by atoms with Gasteiger partial charge in [-0.2, -0.15) is 0 Å². The molecule has 0 fully saturated rings. The SMILES string of the molecule is Cc1ccc(C(=O)OCC(=O)Nc2c(Br)cc([N+](=O)[O-])cc2Br)cc1. The maximum Gasteiger partial charge on any atom is 0.338 e. The number of halogens is 2. The number of benzene rings is 2. The molecule has 1 N–H and O–H groups in total. The minimum Gasteiger partial charge on any atom is -0.452 e. The van der Waals surface area contributed by atoms with Crippen molar-refractivity contribution >= 4 is 55.1 Å². The van der Waals surface area contributed by atoms with E-state index < -0.39 is 23.4 Å². The number of nitro groups is 1. The highest BCUT2D eigenvalue weighted by Gasteiger charge is 2.17. The highest BCUT2D eigenvalue weighted by atomic mass is 79.9. The maximum absolute atomic E-state index is 12.0. The van der Waals surface area contributed by atoms with Gasteiger partial charge in [0.1, 0.15) is 0 Å². The molecule has 0 heterocycles. The van der Waals surface area contributed by atoms with E-state index in [1.54, 1.807) is 24.3 Å². The van der Waals surface area contributed by atoms with Crippen LogP contribution in [0.5, 0.6) is 0 Å². The Balaban J connectivity index is 2.00. The Kier molecular flexibility index (Phi) is 6.27. The minimum absolute atomic E-state index is 0.137. The second-order valence-electron chi connectivity index (χ2n) is 5.03. The van der Waals surface area contributed by atoms with E-state index in [4.69, 9.17) is 4.74 Å². The summed E-state index contributed by atoms with van der Waals surface area (Å²) in [5, 5.41) is 13.3. The number of anilines is 1. The number of nitrogens with one attached hydrogen (secondary N) is 1. The molecule has 0 aromatic heterocycles. The Hall–Kier alpha value is -2.26. The van der Waals surface area contributed by atoms with Crippen LogP contribution in [0.4, 0.5) is 11.4 Å². The second-order valence-corrected chi connectivity index (χ2v) is 6.74. The van der Waals surface area contributed by atoms with E-state index in [-0.39, 0.29) is 5.69 Å². The zero-order chi connectivity index (χ0) is 18.6. The average Bonchev–Trinajstić information content (AvgIpc) is 2.56. The quantitative estimate of drug-likeness (QED) is 0.399. The number of carbonyl (C=O) groups excluding carboxylic acids is 2. The highest BCUT2D eigenvalue weighted by molar-refractivity contribution is 9.11. The van der Waals surface area contributed by atoms with Gasteiger partial charge in [-0.05, 0) is 50.9 Å². The fourth-order valence-electron chi connectivity index (χ4n) is 1.86. The third kappa shape index (κ3) is 5.10. The summed E-state index contributed by atoms with van der Waals surface area (Å²) >= 11 is 6.32. The van der Waals surface area contributed by atoms with Gasteiger partial charge in [0.05, 0.1) is 16.2 Å². The van der Waals surface area contributed by atoms with E-state index >= 15 is 0 Å². The second kappa shape index (κ2) is 8.21. The topological polar surface area (TPSA) is 98.5 Å². The van der Waals surface area contributed by atoms with Crippen molar-refractivity contribution in [1.82, 2.24) is 0 Å². The van der Waals surface area contributed by atoms with Crippen molar-refractivity contribution in [3.63, 3.8) is 0 Å².